The Bertz CT molecular complexity index is 539. The fraction of sp³-hybridized carbons (Fsp3) is 0.500. The number of methoxy groups -OCH3 is 1. The molecule has 0 aliphatic carbocycles. The molecule has 0 radical (unpaired) electrons. The van der Waals surface area contributed by atoms with Crippen LogP contribution in [0.15, 0.2) is 18.2 Å². The van der Waals surface area contributed by atoms with E-state index >= 15 is 0 Å². The number of benzene rings is 1. The van der Waals surface area contributed by atoms with Crippen LogP contribution in [-0.4, -0.2) is 31.0 Å². The molecule has 0 saturated carbocycles. The van der Waals surface area contributed by atoms with Gasteiger partial charge in [-0.1, -0.05) is 6.07 Å². The van der Waals surface area contributed by atoms with Crippen molar-refractivity contribution >= 4 is 11.8 Å². The van der Waals surface area contributed by atoms with E-state index in [9.17, 15) is 14.0 Å². The molecule has 1 rings (SSSR count). The van der Waals surface area contributed by atoms with Crippen molar-refractivity contribution in [1.29, 1.82) is 0 Å². The van der Waals surface area contributed by atoms with Crippen molar-refractivity contribution in [3.8, 4) is 5.75 Å². The van der Waals surface area contributed by atoms with E-state index in [1.54, 1.807) is 6.07 Å². The summed E-state index contributed by atoms with van der Waals surface area (Å²) in [5, 5.41) is 5.29. The zero-order valence-electron chi connectivity index (χ0n) is 13.5. The topological polar surface area (TPSA) is 67.4 Å². The second-order valence-corrected chi connectivity index (χ2v) is 6.04. The van der Waals surface area contributed by atoms with E-state index < -0.39 is 5.82 Å². The summed E-state index contributed by atoms with van der Waals surface area (Å²) in [6.07, 6.45) is 0.586. The van der Waals surface area contributed by atoms with Crippen molar-refractivity contribution in [2.45, 2.75) is 39.2 Å². The van der Waals surface area contributed by atoms with Crippen molar-refractivity contribution < 1.29 is 18.7 Å². The summed E-state index contributed by atoms with van der Waals surface area (Å²) in [7, 11) is 1.40. The van der Waals surface area contributed by atoms with Gasteiger partial charge in [0, 0.05) is 12.0 Å². The van der Waals surface area contributed by atoms with Gasteiger partial charge in [-0.25, -0.2) is 4.39 Å². The van der Waals surface area contributed by atoms with E-state index in [1.165, 1.54) is 19.2 Å². The average molecular weight is 310 g/mol. The summed E-state index contributed by atoms with van der Waals surface area (Å²) < 4.78 is 18.3. The van der Waals surface area contributed by atoms with Crippen LogP contribution in [0.1, 0.15) is 32.8 Å². The fourth-order valence-corrected chi connectivity index (χ4v) is 1.85. The van der Waals surface area contributed by atoms with Crippen LogP contribution >= 0.6 is 0 Å². The first kappa shape index (κ1) is 17.9. The molecule has 0 heterocycles. The smallest absolute Gasteiger partial charge is 0.239 e. The third-order valence-electron chi connectivity index (χ3n) is 2.82. The standard InChI is InChI=1S/C16H23FN2O3/c1-16(2,3)19-15(21)10-18-14(20)8-6-11-5-7-13(22-4)12(17)9-11/h5,7,9H,6,8,10H2,1-4H3,(H,18,20)(H,19,21). The third-order valence-corrected chi connectivity index (χ3v) is 2.82. The molecule has 0 fully saturated rings. The van der Waals surface area contributed by atoms with E-state index in [0.717, 1.165) is 0 Å². The molecule has 0 aromatic heterocycles. The van der Waals surface area contributed by atoms with Gasteiger partial charge in [0.15, 0.2) is 11.6 Å². The average Bonchev–Trinajstić information content (AvgIpc) is 2.41. The van der Waals surface area contributed by atoms with E-state index in [4.69, 9.17) is 4.74 Å². The van der Waals surface area contributed by atoms with Gasteiger partial charge in [-0.3, -0.25) is 9.59 Å². The van der Waals surface area contributed by atoms with E-state index in [-0.39, 0.29) is 36.1 Å². The maximum atomic E-state index is 13.5. The number of halogens is 1. The summed E-state index contributed by atoms with van der Waals surface area (Å²) in [4.78, 5) is 23.2. The molecule has 0 aliphatic rings. The number of aryl methyl sites for hydroxylation is 1. The van der Waals surface area contributed by atoms with E-state index in [2.05, 4.69) is 10.6 Å². The summed E-state index contributed by atoms with van der Waals surface area (Å²) in [5.74, 6) is -0.770. The monoisotopic (exact) mass is 310 g/mol. The Kier molecular flexibility index (Phi) is 6.34. The van der Waals surface area contributed by atoms with Crippen molar-refractivity contribution in [2.24, 2.45) is 0 Å². The Morgan fingerprint density at radius 1 is 1.23 bits per heavy atom. The van der Waals surface area contributed by atoms with E-state index in [1.807, 2.05) is 20.8 Å². The van der Waals surface area contributed by atoms with Crippen LogP contribution in [0, 0.1) is 5.82 Å². The maximum absolute atomic E-state index is 13.5. The van der Waals surface area contributed by atoms with Crippen LogP contribution in [-0.2, 0) is 16.0 Å². The summed E-state index contributed by atoms with van der Waals surface area (Å²) in [5.41, 5.74) is 0.371. The molecule has 0 bridgehead atoms. The maximum Gasteiger partial charge on any atom is 0.239 e. The van der Waals surface area contributed by atoms with Gasteiger partial charge in [0.05, 0.1) is 13.7 Å². The third kappa shape index (κ3) is 6.56. The molecular formula is C16H23FN2O3. The molecule has 2 amide bonds. The minimum atomic E-state index is -0.454. The molecule has 1 aromatic carbocycles. The Hall–Kier alpha value is -2.11. The minimum Gasteiger partial charge on any atom is -0.494 e. The molecule has 6 heteroatoms. The van der Waals surface area contributed by atoms with Gasteiger partial charge in [0.2, 0.25) is 11.8 Å². The van der Waals surface area contributed by atoms with Crippen LogP contribution < -0.4 is 15.4 Å². The van der Waals surface area contributed by atoms with Crippen LogP contribution in [0.2, 0.25) is 0 Å². The Balaban J connectivity index is 2.37. The highest BCUT2D eigenvalue weighted by molar-refractivity contribution is 5.85. The van der Waals surface area contributed by atoms with Crippen LogP contribution in [0.25, 0.3) is 0 Å². The van der Waals surface area contributed by atoms with Gasteiger partial charge in [-0.05, 0) is 44.9 Å². The van der Waals surface area contributed by atoms with E-state index in [0.29, 0.717) is 12.0 Å². The Morgan fingerprint density at radius 2 is 1.91 bits per heavy atom. The molecule has 0 atom stereocenters. The highest BCUT2D eigenvalue weighted by Crippen LogP contribution is 2.18. The van der Waals surface area contributed by atoms with Crippen molar-refractivity contribution in [2.75, 3.05) is 13.7 Å². The first-order valence-electron chi connectivity index (χ1n) is 7.11. The number of nitrogens with one attached hydrogen (secondary N) is 2. The fourth-order valence-electron chi connectivity index (χ4n) is 1.85. The largest absolute Gasteiger partial charge is 0.494 e. The predicted molar refractivity (Wildman–Crippen MR) is 82.2 cm³/mol. The van der Waals surface area contributed by atoms with Crippen molar-refractivity contribution in [1.82, 2.24) is 10.6 Å². The summed E-state index contributed by atoms with van der Waals surface area (Å²) in [6.45, 7) is 5.54. The number of carbonyl (C=O) groups excluding carboxylic acids is 2. The lowest BCUT2D eigenvalue weighted by Crippen LogP contribution is -2.45. The van der Waals surface area contributed by atoms with Gasteiger partial charge in [0.25, 0.3) is 0 Å². The van der Waals surface area contributed by atoms with Crippen molar-refractivity contribution in [3.63, 3.8) is 0 Å². The molecule has 1 aromatic rings. The number of carbonyl (C=O) groups is 2. The van der Waals surface area contributed by atoms with Gasteiger partial charge in [0.1, 0.15) is 0 Å². The number of ether oxygens (including phenoxy) is 1. The lowest BCUT2D eigenvalue weighted by molar-refractivity contribution is -0.126. The molecule has 0 spiro atoms. The molecular weight excluding hydrogens is 287 g/mol. The first-order valence-corrected chi connectivity index (χ1v) is 7.11. The van der Waals surface area contributed by atoms with Gasteiger partial charge in [-0.15, -0.1) is 0 Å². The quantitative estimate of drug-likeness (QED) is 0.842. The Morgan fingerprint density at radius 3 is 2.45 bits per heavy atom. The molecule has 0 saturated heterocycles. The summed E-state index contributed by atoms with van der Waals surface area (Å²) >= 11 is 0. The van der Waals surface area contributed by atoms with Gasteiger partial charge in [-0.2, -0.15) is 0 Å². The second kappa shape index (κ2) is 7.77. The molecule has 2 N–H and O–H groups in total. The molecule has 122 valence electrons. The van der Waals surface area contributed by atoms with Crippen molar-refractivity contribution in [3.05, 3.63) is 29.6 Å². The lowest BCUT2D eigenvalue weighted by atomic mass is 10.1. The zero-order valence-corrected chi connectivity index (χ0v) is 13.5. The lowest BCUT2D eigenvalue weighted by Gasteiger charge is -2.20. The normalized spacial score (nSPS) is 11.0. The SMILES string of the molecule is COc1ccc(CCC(=O)NCC(=O)NC(C)(C)C)cc1F. The predicted octanol–water partition coefficient (Wildman–Crippen LogP) is 1.80. The minimum absolute atomic E-state index is 0.0624. The molecule has 22 heavy (non-hydrogen) atoms. The van der Waals surface area contributed by atoms with Crippen LogP contribution in [0.5, 0.6) is 5.75 Å². The van der Waals surface area contributed by atoms with Crippen LogP contribution in [0.4, 0.5) is 4.39 Å². The second-order valence-electron chi connectivity index (χ2n) is 6.04. The highest BCUT2D eigenvalue weighted by atomic mass is 19.1. The highest BCUT2D eigenvalue weighted by Gasteiger charge is 2.14. The summed E-state index contributed by atoms with van der Waals surface area (Å²) in [6, 6.07) is 4.58. The zero-order chi connectivity index (χ0) is 16.8. The Labute approximate surface area is 130 Å². The number of rotatable bonds is 6. The van der Waals surface area contributed by atoms with Crippen LogP contribution in [0.3, 0.4) is 0 Å². The number of hydrogen-bond donors (Lipinski definition) is 2. The molecule has 0 unspecified atom stereocenters. The van der Waals surface area contributed by atoms with Gasteiger partial charge >= 0.3 is 0 Å². The number of hydrogen-bond acceptors (Lipinski definition) is 3. The molecule has 0 aliphatic heterocycles. The first-order chi connectivity index (χ1) is 10.2. The molecule has 5 nitrogen and oxygen atoms in total. The number of amides is 2. The van der Waals surface area contributed by atoms with Gasteiger partial charge < -0.3 is 15.4 Å².